The van der Waals surface area contributed by atoms with E-state index in [0.29, 0.717) is 17.2 Å². The van der Waals surface area contributed by atoms with Crippen molar-refractivity contribution < 1.29 is 23.9 Å². The lowest BCUT2D eigenvalue weighted by Gasteiger charge is -2.52. The van der Waals surface area contributed by atoms with Gasteiger partial charge in [-0.15, -0.1) is 0 Å². The van der Waals surface area contributed by atoms with Crippen LogP contribution in [0.5, 0.6) is 11.5 Å². The molecule has 4 aromatic carbocycles. The molecule has 1 fully saturated rings. The summed E-state index contributed by atoms with van der Waals surface area (Å²) in [5.74, 6) is -1.19. The zero-order valence-corrected chi connectivity index (χ0v) is 24.3. The number of nitrogens with zero attached hydrogens (tertiary/aromatic N) is 2. The monoisotopic (exact) mass is 633 g/mol. The van der Waals surface area contributed by atoms with Crippen molar-refractivity contribution in [3.63, 3.8) is 0 Å². The van der Waals surface area contributed by atoms with E-state index in [0.717, 1.165) is 32.3 Å². The first-order chi connectivity index (χ1) is 21.0. The SMILES string of the molecule is O=C(Cc1ccc2c(c1)OCO2)N/N=C\C12c3ccccc3C(c3ccccc31)[C@H]1C(=O)N(c3ccc(Br)cc3)C(=O)[C@@H]12. The van der Waals surface area contributed by atoms with E-state index < -0.39 is 17.3 Å². The molecule has 3 amide bonds. The largest absolute Gasteiger partial charge is 0.454 e. The zero-order chi connectivity index (χ0) is 29.3. The Bertz CT molecular complexity index is 1820. The van der Waals surface area contributed by atoms with Crippen LogP contribution in [-0.2, 0) is 26.2 Å². The number of halogens is 1. The minimum absolute atomic E-state index is 0.0804. The summed E-state index contributed by atoms with van der Waals surface area (Å²) in [7, 11) is 0. The zero-order valence-electron chi connectivity index (χ0n) is 22.7. The highest BCUT2D eigenvalue weighted by Gasteiger charge is 2.68. The van der Waals surface area contributed by atoms with Gasteiger partial charge in [-0.1, -0.05) is 70.5 Å². The molecular weight excluding hydrogens is 610 g/mol. The lowest BCUT2D eigenvalue weighted by Crippen LogP contribution is -2.54. The fourth-order valence-electron chi connectivity index (χ4n) is 7.38. The van der Waals surface area contributed by atoms with Crippen LogP contribution in [0, 0.1) is 11.8 Å². The van der Waals surface area contributed by atoms with Gasteiger partial charge in [-0.2, -0.15) is 5.10 Å². The van der Waals surface area contributed by atoms with Crippen LogP contribution in [0.4, 0.5) is 5.69 Å². The molecule has 0 radical (unpaired) electrons. The first-order valence-corrected chi connectivity index (χ1v) is 14.8. The van der Waals surface area contributed by atoms with E-state index in [-0.39, 0.29) is 36.9 Å². The number of amides is 3. The fraction of sp³-hybridized carbons (Fsp3) is 0.176. The number of fused-ring (bicyclic) bond motifs is 1. The fourth-order valence-corrected chi connectivity index (χ4v) is 7.64. The highest BCUT2D eigenvalue weighted by Crippen LogP contribution is 2.63. The molecule has 43 heavy (non-hydrogen) atoms. The Hall–Kier alpha value is -4.76. The maximum Gasteiger partial charge on any atom is 0.244 e. The summed E-state index contributed by atoms with van der Waals surface area (Å²) >= 11 is 3.44. The average Bonchev–Trinajstić information content (AvgIpc) is 3.60. The summed E-state index contributed by atoms with van der Waals surface area (Å²) in [6.45, 7) is 0.157. The Morgan fingerprint density at radius 1 is 0.907 bits per heavy atom. The number of anilines is 1. The molecule has 1 N–H and O–H groups in total. The van der Waals surface area contributed by atoms with E-state index in [1.807, 2.05) is 66.7 Å². The second-order valence-corrected chi connectivity index (χ2v) is 12.1. The van der Waals surface area contributed by atoms with Gasteiger partial charge in [0.1, 0.15) is 0 Å². The Morgan fingerprint density at radius 2 is 1.58 bits per heavy atom. The molecule has 9 heteroatoms. The molecule has 0 spiro atoms. The summed E-state index contributed by atoms with van der Waals surface area (Å²) in [6.07, 6.45) is 1.75. The van der Waals surface area contributed by atoms with Gasteiger partial charge in [-0.05, 0) is 64.2 Å². The molecule has 2 atom stereocenters. The molecule has 5 aliphatic rings. The summed E-state index contributed by atoms with van der Waals surface area (Å²) < 4.78 is 11.7. The van der Waals surface area contributed by atoms with Crippen LogP contribution in [0.2, 0.25) is 0 Å². The first kappa shape index (κ1) is 25.9. The number of hydrazone groups is 1. The van der Waals surface area contributed by atoms with Gasteiger partial charge >= 0.3 is 0 Å². The number of benzene rings is 4. The van der Waals surface area contributed by atoms with Crippen LogP contribution in [0.3, 0.4) is 0 Å². The highest BCUT2D eigenvalue weighted by molar-refractivity contribution is 9.10. The second-order valence-electron chi connectivity index (χ2n) is 11.2. The summed E-state index contributed by atoms with van der Waals surface area (Å²) in [5.41, 5.74) is 6.76. The lowest BCUT2D eigenvalue weighted by atomic mass is 9.47. The van der Waals surface area contributed by atoms with Crippen molar-refractivity contribution in [3.05, 3.63) is 123 Å². The quantitative estimate of drug-likeness (QED) is 0.188. The molecule has 212 valence electrons. The van der Waals surface area contributed by atoms with Crippen LogP contribution >= 0.6 is 15.9 Å². The Balaban J connectivity index is 1.21. The van der Waals surface area contributed by atoms with Crippen LogP contribution in [-0.4, -0.2) is 30.7 Å². The second kappa shape index (κ2) is 9.64. The third kappa shape index (κ3) is 3.74. The van der Waals surface area contributed by atoms with Crippen LogP contribution in [0.1, 0.15) is 33.7 Å². The van der Waals surface area contributed by atoms with E-state index in [1.54, 1.807) is 30.5 Å². The number of carbonyl (C=O) groups is 3. The first-order valence-electron chi connectivity index (χ1n) is 14.0. The predicted molar refractivity (Wildman–Crippen MR) is 162 cm³/mol. The minimum Gasteiger partial charge on any atom is -0.454 e. The molecule has 0 saturated carbocycles. The van der Waals surface area contributed by atoms with Crippen molar-refractivity contribution >= 4 is 45.6 Å². The maximum atomic E-state index is 14.4. The number of rotatable bonds is 5. The summed E-state index contributed by atoms with van der Waals surface area (Å²) in [6, 6.07) is 28.5. The van der Waals surface area contributed by atoms with Crippen molar-refractivity contribution in [3.8, 4) is 11.5 Å². The molecular formula is C34H24BrN3O5. The molecule has 8 nitrogen and oxygen atoms in total. The number of ether oxygens (including phenoxy) is 2. The molecule has 0 aromatic heterocycles. The number of carbonyl (C=O) groups excluding carboxylic acids is 3. The summed E-state index contributed by atoms with van der Waals surface area (Å²) in [5, 5.41) is 4.49. The van der Waals surface area contributed by atoms with Crippen LogP contribution in [0.25, 0.3) is 0 Å². The van der Waals surface area contributed by atoms with Crippen molar-refractivity contribution in [1.29, 1.82) is 0 Å². The number of hydrogen-bond donors (Lipinski definition) is 1. The summed E-state index contributed by atoms with van der Waals surface area (Å²) in [4.78, 5) is 43.0. The van der Waals surface area contributed by atoms with Gasteiger partial charge < -0.3 is 9.47 Å². The normalized spacial score (nSPS) is 24.2. The minimum atomic E-state index is -1.06. The van der Waals surface area contributed by atoms with Crippen molar-refractivity contribution in [1.82, 2.24) is 5.43 Å². The molecule has 2 bridgehead atoms. The Kier molecular flexibility index (Phi) is 5.81. The molecule has 0 unspecified atom stereocenters. The maximum absolute atomic E-state index is 14.4. The van der Waals surface area contributed by atoms with Crippen molar-refractivity contribution in [2.24, 2.45) is 16.9 Å². The van der Waals surface area contributed by atoms with Gasteiger partial charge in [-0.25, -0.2) is 10.3 Å². The smallest absolute Gasteiger partial charge is 0.244 e. The van der Waals surface area contributed by atoms with Gasteiger partial charge in [0, 0.05) is 16.6 Å². The van der Waals surface area contributed by atoms with E-state index in [9.17, 15) is 14.4 Å². The Morgan fingerprint density at radius 3 is 2.30 bits per heavy atom. The lowest BCUT2D eigenvalue weighted by molar-refractivity contribution is -0.123. The molecule has 9 rings (SSSR count). The Labute approximate surface area is 255 Å². The van der Waals surface area contributed by atoms with E-state index in [2.05, 4.69) is 26.5 Å². The molecule has 3 aliphatic carbocycles. The number of imide groups is 1. The predicted octanol–water partition coefficient (Wildman–Crippen LogP) is 5.07. The molecule has 1 saturated heterocycles. The van der Waals surface area contributed by atoms with Gasteiger partial charge in [0.25, 0.3) is 0 Å². The molecule has 2 aliphatic heterocycles. The third-order valence-electron chi connectivity index (χ3n) is 9.03. The highest BCUT2D eigenvalue weighted by atomic mass is 79.9. The number of nitrogens with one attached hydrogen (secondary N) is 1. The molecule has 4 aromatic rings. The third-order valence-corrected chi connectivity index (χ3v) is 9.56. The van der Waals surface area contributed by atoms with E-state index in [1.165, 1.54) is 4.90 Å². The van der Waals surface area contributed by atoms with Gasteiger partial charge in [-0.3, -0.25) is 14.4 Å². The number of hydrogen-bond acceptors (Lipinski definition) is 6. The van der Waals surface area contributed by atoms with Crippen LogP contribution in [0.15, 0.2) is 101 Å². The van der Waals surface area contributed by atoms with Gasteiger partial charge in [0.15, 0.2) is 11.5 Å². The molecule has 2 heterocycles. The van der Waals surface area contributed by atoms with Crippen LogP contribution < -0.4 is 19.8 Å². The standard InChI is InChI=1S/C34H24BrN3O5/c35-20-10-12-21(13-11-20)38-32(40)30-29-22-5-1-3-7-24(22)34(31(30)33(38)41,25-8-4-2-6-23(25)29)17-36-37-28(39)16-19-9-14-26-27(15-19)43-18-42-26/h1-15,17,29-31H,16,18H2,(H,37,39)/b36-17-/t29?,30-,31-,34?/m1/s1. The van der Waals surface area contributed by atoms with Crippen molar-refractivity contribution in [2.75, 3.05) is 11.7 Å². The van der Waals surface area contributed by atoms with Gasteiger partial charge in [0.2, 0.25) is 24.5 Å². The van der Waals surface area contributed by atoms with E-state index in [4.69, 9.17) is 9.47 Å². The van der Waals surface area contributed by atoms with E-state index >= 15 is 0 Å². The van der Waals surface area contributed by atoms with Gasteiger partial charge in [0.05, 0.1) is 29.4 Å². The average molecular weight is 634 g/mol. The topological polar surface area (TPSA) is 97.3 Å². The van der Waals surface area contributed by atoms with Crippen molar-refractivity contribution in [2.45, 2.75) is 17.8 Å².